The van der Waals surface area contributed by atoms with Gasteiger partial charge in [0.25, 0.3) is 0 Å². The monoisotopic (exact) mass is 699 g/mol. The molecule has 0 aromatic heterocycles. The Balaban J connectivity index is 7.65. The third kappa shape index (κ3) is 10.5. The first-order valence-corrected chi connectivity index (χ1v) is 37.7. The molecule has 0 aromatic rings. The van der Waals surface area contributed by atoms with E-state index < -0.39 is 106 Å². The van der Waals surface area contributed by atoms with E-state index in [-0.39, 0.29) is 0 Å². The largest absolute Gasteiger partial charge is 0.505 e. The lowest BCUT2D eigenvalue weighted by Gasteiger charge is -2.55. The molecule has 217 valence electrons. The molecule has 1 radical (unpaired) electrons. The van der Waals surface area contributed by atoms with Crippen molar-refractivity contribution in [3.63, 3.8) is 0 Å². The average Bonchev–Trinajstić information content (AvgIpc) is 2.70. The molecule has 20 heteroatoms. The van der Waals surface area contributed by atoms with Gasteiger partial charge >= 0.3 is 26.4 Å². The standard InChI is InChI=1S/C16H55O9Si11/c1-15-16(35(18-26-2,19-27-3)20-28-4,36(21-29-5,22-30-6)23-31-7)17-34(14,24-32(8,9)10)25-33(11,12)13/h1,15,26-31H2,2-14H3. The van der Waals surface area contributed by atoms with Crippen molar-refractivity contribution < 1.29 is 37.3 Å². The molecule has 0 unspecified atom stereocenters. The summed E-state index contributed by atoms with van der Waals surface area (Å²) < 4.78 is 61.4. The van der Waals surface area contributed by atoms with E-state index in [2.05, 4.69) is 85.5 Å². The Bertz CT molecular complexity index is 545. The predicted octanol–water partition coefficient (Wildman–Crippen LogP) is 0.0849. The van der Waals surface area contributed by atoms with Crippen molar-refractivity contribution >= 4 is 102 Å². The van der Waals surface area contributed by atoms with Gasteiger partial charge in [0.1, 0.15) is 58.6 Å². The Morgan fingerprint density at radius 3 is 0.944 bits per heavy atom. The molecule has 0 aromatic carbocycles. The van der Waals surface area contributed by atoms with Crippen LogP contribution in [0.3, 0.4) is 0 Å². The van der Waals surface area contributed by atoms with Crippen LogP contribution in [-0.2, 0) is 37.3 Å². The summed E-state index contributed by atoms with van der Waals surface area (Å²) in [6.07, 6.45) is 0.298. The second kappa shape index (κ2) is 16.5. The topological polar surface area (TPSA) is 83.1 Å². The van der Waals surface area contributed by atoms with Crippen LogP contribution in [0, 0.1) is 6.92 Å². The fourth-order valence-corrected chi connectivity index (χ4v) is 44.1. The first kappa shape index (κ1) is 38.0. The molecule has 0 amide bonds. The molecular weight excluding hydrogens is 645 g/mol. The third-order valence-corrected chi connectivity index (χ3v) is 34.3. The zero-order valence-corrected chi connectivity index (χ0v) is 38.8. The zero-order chi connectivity index (χ0) is 28.3. The van der Waals surface area contributed by atoms with E-state index in [0.29, 0.717) is 6.42 Å². The highest BCUT2D eigenvalue weighted by molar-refractivity contribution is 6.94. The average molecular weight is 701 g/mol. The first-order chi connectivity index (χ1) is 16.5. The molecule has 9 nitrogen and oxygen atoms in total. The van der Waals surface area contributed by atoms with Gasteiger partial charge in [0.2, 0.25) is 0 Å². The molecule has 0 rings (SSSR count). The van der Waals surface area contributed by atoms with Gasteiger partial charge in [0, 0.05) is 6.55 Å². The van der Waals surface area contributed by atoms with Crippen molar-refractivity contribution in [2.75, 3.05) is 0 Å². The molecule has 0 heterocycles. The lowest BCUT2D eigenvalue weighted by molar-refractivity contribution is 0.0247. The summed E-state index contributed by atoms with van der Waals surface area (Å²) in [5.41, 5.74) is 0. The van der Waals surface area contributed by atoms with Crippen LogP contribution in [0.25, 0.3) is 0 Å². The highest BCUT2D eigenvalue weighted by Gasteiger charge is 2.78. The fraction of sp³-hybridized carbons (Fsp3) is 0.938. The normalized spacial score (nSPS) is 20.5. The molecule has 0 fully saturated rings. The van der Waals surface area contributed by atoms with E-state index in [4.69, 9.17) is 37.3 Å². The summed E-state index contributed by atoms with van der Waals surface area (Å²) in [4.78, 5) is -1.20. The van der Waals surface area contributed by atoms with Gasteiger partial charge in [-0.15, -0.1) is 0 Å². The fourth-order valence-electron chi connectivity index (χ4n) is 4.25. The van der Waals surface area contributed by atoms with Gasteiger partial charge in [-0.2, -0.15) is 0 Å². The lowest BCUT2D eigenvalue weighted by atomic mass is 10.5. The number of rotatable bonds is 21. The molecule has 0 N–H and O–H groups in total. The molecule has 0 atom stereocenters. The van der Waals surface area contributed by atoms with Crippen LogP contribution in [0.5, 0.6) is 0 Å². The van der Waals surface area contributed by atoms with Gasteiger partial charge in [-0.25, -0.2) is 0 Å². The molecular formula is C16H55O9Si11. The van der Waals surface area contributed by atoms with Crippen molar-refractivity contribution in [2.24, 2.45) is 0 Å². The lowest BCUT2D eigenvalue weighted by Crippen LogP contribution is -2.84. The van der Waals surface area contributed by atoms with Crippen LogP contribution < -0.4 is 0 Å². The summed E-state index contributed by atoms with van der Waals surface area (Å²) >= 11 is 0. The quantitative estimate of drug-likeness (QED) is 0.155. The molecule has 0 aliphatic carbocycles. The van der Waals surface area contributed by atoms with E-state index in [1.165, 1.54) is 0 Å². The highest BCUT2D eigenvalue weighted by Crippen LogP contribution is 2.44. The zero-order valence-electron chi connectivity index (χ0n) is 25.3. The van der Waals surface area contributed by atoms with Gasteiger partial charge in [-0.3, -0.25) is 0 Å². The molecule has 0 saturated carbocycles. The van der Waals surface area contributed by atoms with Gasteiger partial charge in [-0.05, 0) is 45.7 Å². The van der Waals surface area contributed by atoms with Gasteiger partial charge in [0.15, 0.2) is 21.5 Å². The van der Waals surface area contributed by atoms with Crippen LogP contribution in [0.1, 0.15) is 6.42 Å². The molecule has 0 saturated heterocycles. The summed E-state index contributed by atoms with van der Waals surface area (Å²) in [7, 11) is -20.2. The maximum atomic E-state index is 7.38. The van der Waals surface area contributed by atoms with E-state index in [1.807, 2.05) is 6.55 Å². The minimum absolute atomic E-state index is 0.298. The van der Waals surface area contributed by atoms with Crippen LogP contribution in [0.4, 0.5) is 0 Å². The Morgan fingerprint density at radius 1 is 0.528 bits per heavy atom. The first-order valence-electron chi connectivity index (χ1n) is 13.3. The van der Waals surface area contributed by atoms with Crippen molar-refractivity contribution in [3.8, 4) is 0 Å². The molecule has 0 aliphatic heterocycles. The highest BCUT2D eigenvalue weighted by atomic mass is 28.5. The number of hydrogen-bond donors (Lipinski definition) is 0. The summed E-state index contributed by atoms with van der Waals surface area (Å²) in [5, 5.41) is 0. The van der Waals surface area contributed by atoms with Crippen LogP contribution >= 0.6 is 0 Å². The van der Waals surface area contributed by atoms with Gasteiger partial charge in [-0.1, -0.05) is 46.2 Å². The SMILES string of the molecule is [CH2]CC(O[Si](C)(O[Si](C)(C)C)O[Si](C)(C)C)([Si](O[SiH2]C)(O[SiH2]C)O[SiH2]C)[Si](O[SiH2]C)(O[SiH2]C)O[SiH2]C. The van der Waals surface area contributed by atoms with Crippen molar-refractivity contribution in [1.82, 2.24) is 0 Å². The van der Waals surface area contributed by atoms with Crippen LogP contribution in [-0.4, -0.2) is 106 Å². The summed E-state index contributed by atoms with van der Waals surface area (Å²) in [6, 6.07) is 0. The molecule has 0 aliphatic rings. The second-order valence-corrected chi connectivity index (χ2v) is 36.9. The molecule has 0 bridgehead atoms. The Labute approximate surface area is 241 Å². The maximum Gasteiger partial charge on any atom is 0.505 e. The predicted molar refractivity (Wildman–Crippen MR) is 179 cm³/mol. The van der Waals surface area contributed by atoms with E-state index in [1.54, 1.807) is 0 Å². The van der Waals surface area contributed by atoms with Crippen molar-refractivity contribution in [2.45, 2.75) is 96.4 Å². The van der Waals surface area contributed by atoms with Crippen LogP contribution in [0.15, 0.2) is 0 Å². The van der Waals surface area contributed by atoms with Crippen molar-refractivity contribution in [3.05, 3.63) is 6.92 Å². The van der Waals surface area contributed by atoms with E-state index >= 15 is 0 Å². The molecule has 0 spiro atoms. The Kier molecular flexibility index (Phi) is 17.4. The number of hydrogen-bond acceptors (Lipinski definition) is 9. The minimum Gasteiger partial charge on any atom is -0.421 e. The Morgan fingerprint density at radius 2 is 0.778 bits per heavy atom. The molecule has 36 heavy (non-hydrogen) atoms. The minimum atomic E-state index is -3.52. The third-order valence-electron chi connectivity index (χ3n) is 4.69. The summed E-state index contributed by atoms with van der Waals surface area (Å²) in [5.74, 6) is 0. The Hall–Kier alpha value is 2.03. The van der Waals surface area contributed by atoms with E-state index in [0.717, 1.165) is 0 Å². The van der Waals surface area contributed by atoms with Crippen molar-refractivity contribution in [1.29, 1.82) is 0 Å². The van der Waals surface area contributed by atoms with Gasteiger partial charge in [0.05, 0.1) is 0 Å². The smallest absolute Gasteiger partial charge is 0.421 e. The second-order valence-electron chi connectivity index (χ2n) is 10.2. The maximum absolute atomic E-state index is 7.38. The van der Waals surface area contributed by atoms with Gasteiger partial charge < -0.3 is 37.3 Å². The summed E-state index contributed by atoms with van der Waals surface area (Å²) in [6.45, 7) is 32.1. The van der Waals surface area contributed by atoms with Crippen LogP contribution in [0.2, 0.25) is 85.1 Å². The van der Waals surface area contributed by atoms with E-state index in [9.17, 15) is 0 Å².